The van der Waals surface area contributed by atoms with Crippen LogP contribution in [0.5, 0.6) is 5.75 Å². The molecule has 4 heteroatoms. The summed E-state index contributed by atoms with van der Waals surface area (Å²) in [4.78, 5) is 0. The summed E-state index contributed by atoms with van der Waals surface area (Å²) >= 11 is 0. The van der Waals surface area contributed by atoms with E-state index in [4.69, 9.17) is 9.47 Å². The van der Waals surface area contributed by atoms with Crippen LogP contribution in [-0.4, -0.2) is 23.9 Å². The Hall–Kier alpha value is -1.13. The van der Waals surface area contributed by atoms with Crippen LogP contribution in [0.1, 0.15) is 39.4 Å². The first-order valence-electron chi connectivity index (χ1n) is 6.04. The first-order chi connectivity index (χ1) is 8.29. The Morgan fingerprint density at radius 2 is 1.94 bits per heavy atom. The molecule has 0 aromatic heterocycles. The number of hydrogen-bond acceptors (Lipinski definition) is 3. The molecule has 0 aliphatic heterocycles. The molecule has 1 rings (SSSR count). The molecule has 1 aromatic rings. The monoisotopic (exact) mass is 256 g/mol. The molecule has 0 spiro atoms. The van der Waals surface area contributed by atoms with E-state index in [-0.39, 0.29) is 11.4 Å². The fraction of sp³-hybridized carbons (Fsp3) is 0.571. The quantitative estimate of drug-likeness (QED) is 0.823. The maximum Gasteiger partial charge on any atom is 0.128 e. The van der Waals surface area contributed by atoms with Gasteiger partial charge < -0.3 is 14.6 Å². The molecule has 0 radical (unpaired) electrons. The van der Waals surface area contributed by atoms with E-state index >= 15 is 0 Å². The van der Waals surface area contributed by atoms with Crippen LogP contribution in [-0.2, 0) is 4.74 Å². The van der Waals surface area contributed by atoms with Gasteiger partial charge >= 0.3 is 0 Å². The molecular weight excluding hydrogens is 235 g/mol. The molecule has 0 amide bonds. The van der Waals surface area contributed by atoms with Crippen molar-refractivity contribution in [3.05, 3.63) is 29.6 Å². The molecule has 0 aliphatic rings. The second kappa shape index (κ2) is 6.16. The minimum absolute atomic E-state index is 0.224. The van der Waals surface area contributed by atoms with Gasteiger partial charge in [-0.2, -0.15) is 0 Å². The van der Waals surface area contributed by atoms with Crippen molar-refractivity contribution in [2.24, 2.45) is 0 Å². The van der Waals surface area contributed by atoms with Crippen molar-refractivity contribution in [1.29, 1.82) is 0 Å². The molecule has 102 valence electrons. The van der Waals surface area contributed by atoms with Crippen LogP contribution in [0.25, 0.3) is 0 Å². The van der Waals surface area contributed by atoms with Crippen LogP contribution in [0.2, 0.25) is 0 Å². The van der Waals surface area contributed by atoms with Gasteiger partial charge in [0.05, 0.1) is 18.3 Å². The average molecular weight is 256 g/mol. The van der Waals surface area contributed by atoms with Gasteiger partial charge in [0.2, 0.25) is 0 Å². The van der Waals surface area contributed by atoms with Crippen molar-refractivity contribution in [3.63, 3.8) is 0 Å². The molecule has 3 nitrogen and oxygen atoms in total. The van der Waals surface area contributed by atoms with Crippen molar-refractivity contribution >= 4 is 0 Å². The van der Waals surface area contributed by atoms with E-state index in [9.17, 15) is 9.50 Å². The molecule has 0 aliphatic carbocycles. The highest BCUT2D eigenvalue weighted by Gasteiger charge is 2.12. The largest absolute Gasteiger partial charge is 0.491 e. The highest BCUT2D eigenvalue weighted by molar-refractivity contribution is 5.35. The minimum Gasteiger partial charge on any atom is -0.491 e. The summed E-state index contributed by atoms with van der Waals surface area (Å²) in [6.45, 7) is 8.22. The third kappa shape index (κ3) is 5.02. The van der Waals surface area contributed by atoms with Gasteiger partial charge in [0.1, 0.15) is 18.2 Å². The number of rotatable bonds is 5. The van der Waals surface area contributed by atoms with Gasteiger partial charge in [0.15, 0.2) is 0 Å². The van der Waals surface area contributed by atoms with Crippen molar-refractivity contribution < 1.29 is 19.0 Å². The smallest absolute Gasteiger partial charge is 0.128 e. The molecule has 0 saturated carbocycles. The minimum atomic E-state index is -0.691. The van der Waals surface area contributed by atoms with E-state index in [1.54, 1.807) is 6.92 Å². The van der Waals surface area contributed by atoms with E-state index in [2.05, 4.69) is 0 Å². The summed E-state index contributed by atoms with van der Waals surface area (Å²) in [5.41, 5.74) is 0.352. The Bertz CT molecular complexity index is 383. The van der Waals surface area contributed by atoms with Gasteiger partial charge in [-0.1, -0.05) is 0 Å². The van der Waals surface area contributed by atoms with E-state index in [1.165, 1.54) is 18.2 Å². The topological polar surface area (TPSA) is 38.7 Å². The maximum absolute atomic E-state index is 13.1. The number of aliphatic hydroxyl groups is 1. The molecule has 1 N–H and O–H groups in total. The molecule has 0 saturated heterocycles. The van der Waals surface area contributed by atoms with E-state index in [0.29, 0.717) is 24.5 Å². The fourth-order valence-corrected chi connectivity index (χ4v) is 1.48. The fourth-order valence-electron chi connectivity index (χ4n) is 1.48. The molecule has 0 unspecified atom stereocenters. The van der Waals surface area contributed by atoms with E-state index < -0.39 is 6.10 Å². The zero-order valence-corrected chi connectivity index (χ0v) is 11.4. The highest BCUT2D eigenvalue weighted by Crippen LogP contribution is 2.26. The van der Waals surface area contributed by atoms with Crippen LogP contribution in [0.3, 0.4) is 0 Å². The van der Waals surface area contributed by atoms with Gasteiger partial charge in [-0.3, -0.25) is 0 Å². The SMILES string of the molecule is C[C@@H](O)c1ccc(F)cc1OCCOC(C)(C)C. The standard InChI is InChI=1S/C14H21FO3/c1-10(16)12-6-5-11(15)9-13(12)17-7-8-18-14(2,3)4/h5-6,9-10,16H,7-8H2,1-4H3/t10-/m1/s1. The zero-order valence-electron chi connectivity index (χ0n) is 11.4. The number of halogens is 1. The predicted molar refractivity (Wildman–Crippen MR) is 68.2 cm³/mol. The highest BCUT2D eigenvalue weighted by atomic mass is 19.1. The van der Waals surface area contributed by atoms with Crippen molar-refractivity contribution in [1.82, 2.24) is 0 Å². The molecule has 18 heavy (non-hydrogen) atoms. The molecule has 0 fully saturated rings. The molecule has 1 atom stereocenters. The van der Waals surface area contributed by atoms with Gasteiger partial charge in [0.25, 0.3) is 0 Å². The summed E-state index contributed by atoms with van der Waals surface area (Å²) in [6.07, 6.45) is -0.691. The lowest BCUT2D eigenvalue weighted by Crippen LogP contribution is -2.22. The van der Waals surface area contributed by atoms with Crippen molar-refractivity contribution in [2.45, 2.75) is 39.4 Å². The predicted octanol–water partition coefficient (Wildman–Crippen LogP) is 3.07. The number of benzene rings is 1. The third-order valence-corrected chi connectivity index (χ3v) is 2.30. The van der Waals surface area contributed by atoms with E-state index in [1.807, 2.05) is 20.8 Å². The normalized spacial score (nSPS) is 13.4. The molecule has 1 aromatic carbocycles. The molecule has 0 heterocycles. The van der Waals surface area contributed by atoms with Gasteiger partial charge in [-0.15, -0.1) is 0 Å². The van der Waals surface area contributed by atoms with Crippen LogP contribution >= 0.6 is 0 Å². The summed E-state index contributed by atoms with van der Waals surface area (Å²) in [7, 11) is 0. The Morgan fingerprint density at radius 1 is 1.28 bits per heavy atom. The van der Waals surface area contributed by atoms with Crippen LogP contribution in [0, 0.1) is 5.82 Å². The lowest BCUT2D eigenvalue weighted by Gasteiger charge is -2.20. The van der Waals surface area contributed by atoms with Crippen LogP contribution < -0.4 is 4.74 Å². The van der Waals surface area contributed by atoms with Crippen LogP contribution in [0.4, 0.5) is 4.39 Å². The first kappa shape index (κ1) is 14.9. The summed E-state index contributed by atoms with van der Waals surface area (Å²) in [5.74, 6) is -0.0198. The first-order valence-corrected chi connectivity index (χ1v) is 6.04. The molecular formula is C14H21FO3. The Kier molecular flexibility index (Phi) is 5.11. The maximum atomic E-state index is 13.1. The van der Waals surface area contributed by atoms with Crippen molar-refractivity contribution in [3.8, 4) is 5.75 Å². The lowest BCUT2D eigenvalue weighted by molar-refractivity contribution is -0.0166. The third-order valence-electron chi connectivity index (χ3n) is 2.30. The van der Waals surface area contributed by atoms with Crippen LogP contribution in [0.15, 0.2) is 18.2 Å². The number of aliphatic hydroxyl groups excluding tert-OH is 1. The second-order valence-corrected chi connectivity index (χ2v) is 5.17. The van der Waals surface area contributed by atoms with Gasteiger partial charge in [0, 0.05) is 11.6 Å². The Morgan fingerprint density at radius 3 is 2.50 bits per heavy atom. The summed E-state index contributed by atoms with van der Waals surface area (Å²) < 4.78 is 24.1. The Labute approximate surface area is 108 Å². The van der Waals surface area contributed by atoms with Gasteiger partial charge in [-0.05, 0) is 39.8 Å². The van der Waals surface area contributed by atoms with E-state index in [0.717, 1.165) is 0 Å². The number of hydrogen-bond donors (Lipinski definition) is 1. The van der Waals surface area contributed by atoms with Gasteiger partial charge in [-0.25, -0.2) is 4.39 Å². The second-order valence-electron chi connectivity index (χ2n) is 5.17. The lowest BCUT2D eigenvalue weighted by atomic mass is 10.1. The Balaban J connectivity index is 2.58. The summed E-state index contributed by atoms with van der Waals surface area (Å²) in [5, 5.41) is 9.55. The van der Waals surface area contributed by atoms with Crippen molar-refractivity contribution in [2.75, 3.05) is 13.2 Å². The average Bonchev–Trinajstić information content (AvgIpc) is 2.22. The number of ether oxygens (including phenoxy) is 2. The zero-order chi connectivity index (χ0) is 13.8. The summed E-state index contributed by atoms with van der Waals surface area (Å²) in [6, 6.07) is 4.11. The molecule has 0 bridgehead atoms.